The third-order valence-electron chi connectivity index (χ3n) is 5.84. The Morgan fingerprint density at radius 2 is 1.96 bits per heavy atom. The van der Waals surface area contributed by atoms with Gasteiger partial charge in [0.25, 0.3) is 0 Å². The standard InChI is InChI=1S/C20H31BF2N2O2/c21-10-2-1-9-20(24,19(26)27)16-7-12-25(13-8-16)11-3-4-15-5-6-17(22)14-18(15)23/h5-6,14,16H,1-4,7-13,21,24H2,(H,26,27). The van der Waals surface area contributed by atoms with Gasteiger partial charge in [-0.25, -0.2) is 8.78 Å². The molecule has 3 N–H and O–H groups in total. The number of carbonyl (C=O) groups is 1. The fraction of sp³-hybridized carbons (Fsp3) is 0.650. The van der Waals surface area contributed by atoms with Crippen molar-refractivity contribution >= 4 is 13.8 Å². The van der Waals surface area contributed by atoms with E-state index >= 15 is 0 Å². The SMILES string of the molecule is BCCCCC(N)(C(=O)O)C1CCN(CCCc2ccc(F)cc2F)CC1. The van der Waals surface area contributed by atoms with Crippen LogP contribution in [-0.2, 0) is 11.2 Å². The molecule has 4 nitrogen and oxygen atoms in total. The van der Waals surface area contributed by atoms with Crippen LogP contribution in [0.2, 0.25) is 6.32 Å². The van der Waals surface area contributed by atoms with Crippen LogP contribution in [0.4, 0.5) is 8.78 Å². The van der Waals surface area contributed by atoms with Gasteiger partial charge in [-0.05, 0) is 69.3 Å². The van der Waals surface area contributed by atoms with Crippen molar-refractivity contribution in [3.63, 3.8) is 0 Å². The molecule has 1 fully saturated rings. The molecule has 1 unspecified atom stereocenters. The summed E-state index contributed by atoms with van der Waals surface area (Å²) in [5.41, 5.74) is 5.73. The lowest BCUT2D eigenvalue weighted by Gasteiger charge is -2.40. The van der Waals surface area contributed by atoms with Crippen LogP contribution in [0.3, 0.4) is 0 Å². The Kier molecular flexibility index (Phi) is 8.23. The van der Waals surface area contributed by atoms with Gasteiger partial charge in [-0.15, -0.1) is 0 Å². The van der Waals surface area contributed by atoms with Crippen LogP contribution in [0.25, 0.3) is 0 Å². The number of halogens is 2. The van der Waals surface area contributed by atoms with E-state index in [1.807, 2.05) is 0 Å². The molecule has 0 radical (unpaired) electrons. The lowest BCUT2D eigenvalue weighted by Crippen LogP contribution is -2.57. The molecule has 1 aliphatic rings. The number of nitrogens with two attached hydrogens (primary N) is 1. The normalized spacial score (nSPS) is 18.3. The van der Waals surface area contributed by atoms with Gasteiger partial charge in [0, 0.05) is 6.07 Å². The first kappa shape index (κ1) is 21.8. The molecule has 1 aromatic carbocycles. The Bertz CT molecular complexity index is 624. The number of aryl methyl sites for hydroxylation is 1. The minimum absolute atomic E-state index is 0.00218. The van der Waals surface area contributed by atoms with Crippen LogP contribution < -0.4 is 5.73 Å². The smallest absolute Gasteiger partial charge is 0.323 e. The maximum atomic E-state index is 13.7. The quantitative estimate of drug-likeness (QED) is 0.484. The van der Waals surface area contributed by atoms with Crippen molar-refractivity contribution < 1.29 is 18.7 Å². The number of carboxylic acid groups (broad SMARTS) is 1. The molecule has 27 heavy (non-hydrogen) atoms. The molecular formula is C20H31BF2N2O2. The summed E-state index contributed by atoms with van der Waals surface area (Å²) in [5, 5.41) is 9.66. The summed E-state index contributed by atoms with van der Waals surface area (Å²) < 4.78 is 26.6. The molecule has 0 bridgehead atoms. The number of benzene rings is 1. The molecule has 0 aromatic heterocycles. The van der Waals surface area contributed by atoms with E-state index in [2.05, 4.69) is 12.7 Å². The van der Waals surface area contributed by atoms with Crippen molar-refractivity contribution in [1.29, 1.82) is 0 Å². The highest BCUT2D eigenvalue weighted by molar-refractivity contribution is 6.08. The first-order valence-corrected chi connectivity index (χ1v) is 10.1. The molecule has 0 amide bonds. The molecule has 1 atom stereocenters. The number of hydrogen-bond donors (Lipinski definition) is 2. The van der Waals surface area contributed by atoms with Gasteiger partial charge in [0.1, 0.15) is 25.0 Å². The van der Waals surface area contributed by atoms with Crippen LogP contribution in [0.15, 0.2) is 18.2 Å². The van der Waals surface area contributed by atoms with E-state index in [-0.39, 0.29) is 5.92 Å². The van der Waals surface area contributed by atoms with Crippen molar-refractivity contribution in [2.24, 2.45) is 11.7 Å². The molecule has 2 rings (SSSR count). The Hall–Kier alpha value is -1.47. The number of carboxylic acids is 1. The molecule has 1 heterocycles. The van der Waals surface area contributed by atoms with Gasteiger partial charge in [-0.3, -0.25) is 4.79 Å². The number of nitrogens with zero attached hydrogens (tertiary/aromatic N) is 1. The summed E-state index contributed by atoms with van der Waals surface area (Å²) in [7, 11) is 2.09. The zero-order chi connectivity index (χ0) is 19.9. The zero-order valence-corrected chi connectivity index (χ0v) is 16.2. The van der Waals surface area contributed by atoms with Gasteiger partial charge >= 0.3 is 5.97 Å². The van der Waals surface area contributed by atoms with Crippen LogP contribution in [0, 0.1) is 17.6 Å². The average molecular weight is 380 g/mol. The maximum Gasteiger partial charge on any atom is 0.323 e. The summed E-state index contributed by atoms with van der Waals surface area (Å²) in [6.45, 7) is 2.46. The number of aliphatic carboxylic acids is 1. The van der Waals surface area contributed by atoms with Gasteiger partial charge in [0.05, 0.1) is 0 Å². The molecule has 0 spiro atoms. The molecule has 7 heteroatoms. The zero-order valence-electron chi connectivity index (χ0n) is 16.2. The predicted octanol–water partition coefficient (Wildman–Crippen LogP) is 2.61. The molecule has 150 valence electrons. The molecule has 1 aliphatic heterocycles. The number of rotatable bonds is 10. The van der Waals surface area contributed by atoms with Gasteiger partial charge in [-0.1, -0.05) is 25.2 Å². The minimum Gasteiger partial charge on any atom is -0.480 e. The second-order valence-corrected chi connectivity index (χ2v) is 7.76. The third kappa shape index (κ3) is 6.01. The van der Waals surface area contributed by atoms with Crippen molar-refractivity contribution in [3.8, 4) is 0 Å². The summed E-state index contributed by atoms with van der Waals surface area (Å²) in [5.74, 6) is -1.93. The number of hydrogen-bond acceptors (Lipinski definition) is 3. The number of likely N-dealkylation sites (tertiary alicyclic amines) is 1. The molecule has 0 aliphatic carbocycles. The Labute approximate surface area is 161 Å². The van der Waals surface area contributed by atoms with Gasteiger partial charge in [0.15, 0.2) is 0 Å². The highest BCUT2D eigenvalue weighted by atomic mass is 19.1. The molecule has 0 saturated carbocycles. The van der Waals surface area contributed by atoms with Crippen molar-refractivity contribution in [3.05, 3.63) is 35.4 Å². The van der Waals surface area contributed by atoms with Gasteiger partial charge < -0.3 is 15.7 Å². The van der Waals surface area contributed by atoms with Crippen LogP contribution >= 0.6 is 0 Å². The molecular weight excluding hydrogens is 349 g/mol. The lowest BCUT2D eigenvalue weighted by molar-refractivity contribution is -0.147. The Balaban J connectivity index is 1.79. The highest BCUT2D eigenvalue weighted by Crippen LogP contribution is 2.31. The fourth-order valence-corrected chi connectivity index (χ4v) is 4.04. The van der Waals surface area contributed by atoms with Crippen molar-refractivity contribution in [2.75, 3.05) is 19.6 Å². The second-order valence-electron chi connectivity index (χ2n) is 7.76. The van der Waals surface area contributed by atoms with Crippen molar-refractivity contribution in [1.82, 2.24) is 4.90 Å². The topological polar surface area (TPSA) is 66.6 Å². The largest absolute Gasteiger partial charge is 0.480 e. The van der Waals surface area contributed by atoms with Crippen LogP contribution in [0.1, 0.15) is 44.1 Å². The average Bonchev–Trinajstić information content (AvgIpc) is 2.64. The number of piperidine rings is 1. The summed E-state index contributed by atoms with van der Waals surface area (Å²) in [6.07, 6.45) is 6.34. The minimum atomic E-state index is -1.13. The van der Waals surface area contributed by atoms with E-state index in [9.17, 15) is 18.7 Å². The van der Waals surface area contributed by atoms with Crippen LogP contribution in [-0.4, -0.2) is 49.0 Å². The first-order valence-electron chi connectivity index (χ1n) is 10.1. The van der Waals surface area contributed by atoms with E-state index in [0.717, 1.165) is 64.1 Å². The van der Waals surface area contributed by atoms with E-state index in [0.29, 0.717) is 18.4 Å². The Morgan fingerprint density at radius 1 is 1.26 bits per heavy atom. The monoisotopic (exact) mass is 380 g/mol. The fourth-order valence-electron chi connectivity index (χ4n) is 4.04. The van der Waals surface area contributed by atoms with Gasteiger partial charge in [0.2, 0.25) is 0 Å². The van der Waals surface area contributed by atoms with E-state index in [1.165, 1.54) is 12.1 Å². The third-order valence-corrected chi connectivity index (χ3v) is 5.84. The predicted molar refractivity (Wildman–Crippen MR) is 106 cm³/mol. The first-order chi connectivity index (χ1) is 12.9. The highest BCUT2D eigenvalue weighted by Gasteiger charge is 2.42. The van der Waals surface area contributed by atoms with E-state index in [1.54, 1.807) is 0 Å². The lowest BCUT2D eigenvalue weighted by atomic mass is 9.75. The second kappa shape index (κ2) is 10.2. The number of unbranched alkanes of at least 4 members (excludes halogenated alkanes) is 1. The van der Waals surface area contributed by atoms with E-state index < -0.39 is 23.1 Å². The summed E-state index contributed by atoms with van der Waals surface area (Å²) in [6, 6.07) is 3.71. The van der Waals surface area contributed by atoms with Gasteiger partial charge in [-0.2, -0.15) is 0 Å². The Morgan fingerprint density at radius 3 is 2.56 bits per heavy atom. The van der Waals surface area contributed by atoms with Crippen LogP contribution in [0.5, 0.6) is 0 Å². The maximum absolute atomic E-state index is 13.7. The summed E-state index contributed by atoms with van der Waals surface area (Å²) >= 11 is 0. The molecule has 1 aromatic rings. The molecule has 1 saturated heterocycles. The van der Waals surface area contributed by atoms with E-state index in [4.69, 9.17) is 5.73 Å². The summed E-state index contributed by atoms with van der Waals surface area (Å²) in [4.78, 5) is 14.1. The van der Waals surface area contributed by atoms with Crippen molar-refractivity contribution in [2.45, 2.75) is 56.8 Å².